The summed E-state index contributed by atoms with van der Waals surface area (Å²) in [6.45, 7) is 2.61. The Morgan fingerprint density at radius 1 is 1.08 bits per heavy atom. The van der Waals surface area contributed by atoms with Crippen LogP contribution >= 0.6 is 11.6 Å². The van der Waals surface area contributed by atoms with Gasteiger partial charge < -0.3 is 10.2 Å². The van der Waals surface area contributed by atoms with Gasteiger partial charge in [0.2, 0.25) is 5.95 Å². The number of hydrogen-bond acceptors (Lipinski definition) is 4. The van der Waals surface area contributed by atoms with Gasteiger partial charge in [-0.3, -0.25) is 0 Å². The van der Waals surface area contributed by atoms with E-state index in [-0.39, 0.29) is 5.02 Å². The van der Waals surface area contributed by atoms with E-state index < -0.39 is 5.82 Å². The monoisotopic (exact) mass is 356 g/mol. The molecule has 0 aliphatic heterocycles. The summed E-state index contributed by atoms with van der Waals surface area (Å²) in [5.74, 6) is 0.791. The number of nitrogens with one attached hydrogen (secondary N) is 1. The standard InChI is InChI=1S/C19H18ClFN4/c1-13-10-18(23-15-8-9-17(21)16(20)11-15)24-19(22-13)25(2)12-14-6-4-3-5-7-14/h3-11H,12H2,1-2H3,(H,22,23,24). The minimum Gasteiger partial charge on any atom is -0.340 e. The van der Waals surface area contributed by atoms with Crippen molar-refractivity contribution in [2.45, 2.75) is 13.5 Å². The Hall–Kier alpha value is -2.66. The van der Waals surface area contributed by atoms with Crippen LogP contribution in [0.2, 0.25) is 5.02 Å². The zero-order chi connectivity index (χ0) is 17.8. The van der Waals surface area contributed by atoms with Crippen molar-refractivity contribution in [3.05, 3.63) is 76.7 Å². The summed E-state index contributed by atoms with van der Waals surface area (Å²) in [7, 11) is 1.94. The van der Waals surface area contributed by atoms with E-state index in [1.54, 1.807) is 6.07 Å². The van der Waals surface area contributed by atoms with Crippen LogP contribution in [0.15, 0.2) is 54.6 Å². The maximum Gasteiger partial charge on any atom is 0.227 e. The number of rotatable bonds is 5. The summed E-state index contributed by atoms with van der Waals surface area (Å²) in [6, 6.07) is 16.4. The Morgan fingerprint density at radius 2 is 1.84 bits per heavy atom. The number of halogens is 2. The quantitative estimate of drug-likeness (QED) is 0.701. The topological polar surface area (TPSA) is 41.1 Å². The number of nitrogens with zero attached hydrogens (tertiary/aromatic N) is 3. The summed E-state index contributed by atoms with van der Waals surface area (Å²) in [4.78, 5) is 11.0. The van der Waals surface area contributed by atoms with Crippen LogP contribution in [0.3, 0.4) is 0 Å². The molecule has 6 heteroatoms. The van der Waals surface area contributed by atoms with Gasteiger partial charge in [-0.15, -0.1) is 0 Å². The normalized spacial score (nSPS) is 10.6. The highest BCUT2D eigenvalue weighted by Crippen LogP contribution is 2.23. The van der Waals surface area contributed by atoms with E-state index in [0.717, 1.165) is 5.69 Å². The van der Waals surface area contributed by atoms with Gasteiger partial charge in [-0.1, -0.05) is 41.9 Å². The number of anilines is 3. The van der Waals surface area contributed by atoms with Crippen LogP contribution in [0.25, 0.3) is 0 Å². The van der Waals surface area contributed by atoms with Crippen molar-refractivity contribution < 1.29 is 4.39 Å². The maximum atomic E-state index is 13.3. The molecule has 0 saturated heterocycles. The molecule has 0 amide bonds. The van der Waals surface area contributed by atoms with Crippen molar-refractivity contribution in [1.82, 2.24) is 9.97 Å². The molecule has 0 radical (unpaired) electrons. The fourth-order valence-corrected chi connectivity index (χ4v) is 2.62. The van der Waals surface area contributed by atoms with Crippen molar-refractivity contribution >= 4 is 29.1 Å². The molecule has 0 saturated carbocycles. The molecule has 3 rings (SSSR count). The highest BCUT2D eigenvalue weighted by molar-refractivity contribution is 6.31. The van der Waals surface area contributed by atoms with E-state index in [4.69, 9.17) is 11.6 Å². The van der Waals surface area contributed by atoms with Crippen LogP contribution in [-0.2, 0) is 6.54 Å². The molecule has 0 aliphatic carbocycles. The highest BCUT2D eigenvalue weighted by atomic mass is 35.5. The van der Waals surface area contributed by atoms with E-state index in [9.17, 15) is 4.39 Å². The molecule has 4 nitrogen and oxygen atoms in total. The fraction of sp³-hybridized carbons (Fsp3) is 0.158. The van der Waals surface area contributed by atoms with Gasteiger partial charge in [-0.05, 0) is 30.7 Å². The molecule has 2 aromatic carbocycles. The lowest BCUT2D eigenvalue weighted by Gasteiger charge is -2.18. The van der Waals surface area contributed by atoms with Gasteiger partial charge in [0.25, 0.3) is 0 Å². The lowest BCUT2D eigenvalue weighted by atomic mass is 10.2. The molecule has 1 heterocycles. The van der Waals surface area contributed by atoms with Crippen molar-refractivity contribution in [3.63, 3.8) is 0 Å². The highest BCUT2D eigenvalue weighted by Gasteiger charge is 2.09. The molecule has 0 spiro atoms. The van der Waals surface area contributed by atoms with Gasteiger partial charge in [-0.2, -0.15) is 4.98 Å². The summed E-state index contributed by atoms with van der Waals surface area (Å²) >= 11 is 5.83. The second-order valence-electron chi connectivity index (χ2n) is 5.79. The average molecular weight is 357 g/mol. The first-order chi connectivity index (χ1) is 12.0. The van der Waals surface area contributed by atoms with Gasteiger partial charge in [-0.25, -0.2) is 9.37 Å². The lowest BCUT2D eigenvalue weighted by Crippen LogP contribution is -2.19. The van der Waals surface area contributed by atoms with E-state index in [1.165, 1.54) is 17.7 Å². The molecular formula is C19H18ClFN4. The molecule has 25 heavy (non-hydrogen) atoms. The Labute approximate surface area is 151 Å². The maximum absolute atomic E-state index is 13.3. The number of aromatic nitrogens is 2. The van der Waals surface area contributed by atoms with Gasteiger partial charge in [0, 0.05) is 31.0 Å². The van der Waals surface area contributed by atoms with Gasteiger partial charge >= 0.3 is 0 Å². The van der Waals surface area contributed by atoms with Crippen LogP contribution in [0, 0.1) is 12.7 Å². The summed E-state index contributed by atoms with van der Waals surface area (Å²) in [5, 5.41) is 3.21. The third-order valence-electron chi connectivity index (χ3n) is 3.64. The van der Waals surface area contributed by atoms with Crippen LogP contribution < -0.4 is 10.2 Å². The van der Waals surface area contributed by atoms with Gasteiger partial charge in [0.1, 0.15) is 11.6 Å². The predicted octanol–water partition coefficient (Wildman–Crippen LogP) is 4.96. The molecule has 3 aromatic rings. The minimum absolute atomic E-state index is 0.0668. The molecule has 0 aliphatic rings. The first kappa shape index (κ1) is 17.2. The van der Waals surface area contributed by atoms with Crippen molar-refractivity contribution in [2.75, 3.05) is 17.3 Å². The van der Waals surface area contributed by atoms with E-state index in [0.29, 0.717) is 24.0 Å². The Morgan fingerprint density at radius 3 is 2.56 bits per heavy atom. The average Bonchev–Trinajstić information content (AvgIpc) is 2.58. The molecule has 0 atom stereocenters. The third kappa shape index (κ3) is 4.45. The minimum atomic E-state index is -0.450. The molecule has 0 bridgehead atoms. The predicted molar refractivity (Wildman–Crippen MR) is 100 cm³/mol. The van der Waals surface area contributed by atoms with Crippen molar-refractivity contribution in [2.24, 2.45) is 0 Å². The molecule has 0 unspecified atom stereocenters. The van der Waals surface area contributed by atoms with E-state index >= 15 is 0 Å². The zero-order valence-corrected chi connectivity index (χ0v) is 14.8. The van der Waals surface area contributed by atoms with Crippen LogP contribution in [0.5, 0.6) is 0 Å². The summed E-state index contributed by atoms with van der Waals surface area (Å²) in [5.41, 5.74) is 2.68. The van der Waals surface area contributed by atoms with Crippen LogP contribution in [-0.4, -0.2) is 17.0 Å². The zero-order valence-electron chi connectivity index (χ0n) is 14.0. The van der Waals surface area contributed by atoms with E-state index in [2.05, 4.69) is 27.4 Å². The largest absolute Gasteiger partial charge is 0.340 e. The summed E-state index contributed by atoms with van der Waals surface area (Å²) < 4.78 is 13.3. The first-order valence-electron chi connectivity index (χ1n) is 7.84. The molecular weight excluding hydrogens is 339 g/mol. The fourth-order valence-electron chi connectivity index (χ4n) is 2.44. The van der Waals surface area contributed by atoms with Crippen molar-refractivity contribution in [3.8, 4) is 0 Å². The number of hydrogen-bond donors (Lipinski definition) is 1. The molecule has 0 fully saturated rings. The Balaban J connectivity index is 1.81. The lowest BCUT2D eigenvalue weighted by molar-refractivity contribution is 0.628. The number of benzene rings is 2. The SMILES string of the molecule is Cc1cc(Nc2ccc(F)c(Cl)c2)nc(N(C)Cc2ccccc2)n1. The second-order valence-corrected chi connectivity index (χ2v) is 6.20. The Kier molecular flexibility index (Phi) is 5.14. The second kappa shape index (κ2) is 7.49. The summed E-state index contributed by atoms with van der Waals surface area (Å²) in [6.07, 6.45) is 0. The van der Waals surface area contributed by atoms with Crippen molar-refractivity contribution in [1.29, 1.82) is 0 Å². The van der Waals surface area contributed by atoms with Gasteiger partial charge in [0.15, 0.2) is 0 Å². The molecule has 1 N–H and O–H groups in total. The first-order valence-corrected chi connectivity index (χ1v) is 8.22. The number of aryl methyl sites for hydroxylation is 1. The molecule has 128 valence electrons. The third-order valence-corrected chi connectivity index (χ3v) is 3.93. The smallest absolute Gasteiger partial charge is 0.227 e. The molecule has 1 aromatic heterocycles. The van der Waals surface area contributed by atoms with Gasteiger partial charge in [0.05, 0.1) is 5.02 Å². The van der Waals surface area contributed by atoms with E-state index in [1.807, 2.05) is 43.1 Å². The van der Waals surface area contributed by atoms with Crippen LogP contribution in [0.1, 0.15) is 11.3 Å². The Bertz CT molecular complexity index is 871. The van der Waals surface area contributed by atoms with Crippen LogP contribution in [0.4, 0.5) is 21.8 Å².